The highest BCUT2D eigenvalue weighted by Crippen LogP contribution is 2.29. The molecule has 0 fully saturated rings. The molecule has 0 aliphatic rings. The van der Waals surface area contributed by atoms with E-state index in [2.05, 4.69) is 38.1 Å². The van der Waals surface area contributed by atoms with Crippen LogP contribution in [0.4, 0.5) is 0 Å². The Morgan fingerprint density at radius 3 is 2.67 bits per heavy atom. The molecular weight excluding hydrogens is 440 g/mol. The van der Waals surface area contributed by atoms with Gasteiger partial charge in [0.1, 0.15) is 0 Å². The number of hydrogen-bond acceptors (Lipinski definition) is 8. The van der Waals surface area contributed by atoms with Crippen molar-refractivity contribution < 1.29 is 9.47 Å². The Labute approximate surface area is 196 Å². The van der Waals surface area contributed by atoms with E-state index in [1.807, 2.05) is 49.4 Å². The zero-order chi connectivity index (χ0) is 23.2. The number of aromatic amines is 1. The summed E-state index contributed by atoms with van der Waals surface area (Å²) < 4.78 is 15.5. The largest absolute Gasteiger partial charge is 0.493 e. The van der Waals surface area contributed by atoms with Gasteiger partial charge in [0.25, 0.3) is 0 Å². The standard InChI is InChI=1S/C22H26N8O2S/c1-4-5-20-24-26-22(33)30(20)23-13-16-8-11-18(19(12-16)31-3)32-14-21-25-27-28-29(21)17-9-6-15(2)7-10-17/h6-12,23H,4-5,13-14H2,1-3H3,(H,26,33). The number of ether oxygens (including phenoxy) is 2. The van der Waals surface area contributed by atoms with Gasteiger partial charge in [-0.2, -0.15) is 9.78 Å². The third kappa shape index (κ3) is 5.20. The van der Waals surface area contributed by atoms with E-state index in [0.717, 1.165) is 29.9 Å². The third-order valence-corrected chi connectivity index (χ3v) is 5.33. The SMILES string of the molecule is CCCc1n[nH]c(=S)n1NCc1ccc(OCc2nnnn2-c2ccc(C)cc2)c(OC)c1. The monoisotopic (exact) mass is 466 g/mol. The van der Waals surface area contributed by atoms with Crippen LogP contribution in [0.1, 0.15) is 36.1 Å². The number of tetrazole rings is 1. The molecule has 10 nitrogen and oxygen atoms in total. The Balaban J connectivity index is 1.44. The van der Waals surface area contributed by atoms with E-state index in [9.17, 15) is 0 Å². The summed E-state index contributed by atoms with van der Waals surface area (Å²) in [6.45, 7) is 4.88. The molecule has 11 heteroatoms. The molecule has 4 aromatic rings. The summed E-state index contributed by atoms with van der Waals surface area (Å²) in [5.74, 6) is 2.68. The first-order chi connectivity index (χ1) is 16.1. The van der Waals surface area contributed by atoms with Crippen molar-refractivity contribution in [2.75, 3.05) is 12.5 Å². The molecule has 0 aliphatic carbocycles. The van der Waals surface area contributed by atoms with Crippen LogP contribution in [0.5, 0.6) is 11.5 Å². The predicted octanol–water partition coefficient (Wildman–Crippen LogP) is 3.51. The van der Waals surface area contributed by atoms with Crippen LogP contribution in [0.3, 0.4) is 0 Å². The number of rotatable bonds is 10. The van der Waals surface area contributed by atoms with Crippen LogP contribution < -0.4 is 14.9 Å². The van der Waals surface area contributed by atoms with Crippen LogP contribution in [-0.2, 0) is 19.6 Å². The molecule has 0 amide bonds. The van der Waals surface area contributed by atoms with E-state index in [0.29, 0.717) is 28.6 Å². The van der Waals surface area contributed by atoms with Gasteiger partial charge in [-0.15, -0.1) is 5.10 Å². The molecule has 0 bridgehead atoms. The number of aromatic nitrogens is 7. The summed E-state index contributed by atoms with van der Waals surface area (Å²) >= 11 is 5.32. The average molecular weight is 467 g/mol. The molecule has 0 spiro atoms. The highest BCUT2D eigenvalue weighted by Gasteiger charge is 2.12. The van der Waals surface area contributed by atoms with Crippen molar-refractivity contribution in [3.05, 3.63) is 70.0 Å². The van der Waals surface area contributed by atoms with Crippen molar-refractivity contribution in [2.24, 2.45) is 0 Å². The van der Waals surface area contributed by atoms with E-state index >= 15 is 0 Å². The van der Waals surface area contributed by atoms with Gasteiger partial charge < -0.3 is 14.9 Å². The molecule has 0 radical (unpaired) electrons. The first-order valence-electron chi connectivity index (χ1n) is 10.6. The van der Waals surface area contributed by atoms with E-state index in [4.69, 9.17) is 21.7 Å². The van der Waals surface area contributed by atoms with Gasteiger partial charge in [-0.3, -0.25) is 5.10 Å². The Morgan fingerprint density at radius 2 is 1.91 bits per heavy atom. The summed E-state index contributed by atoms with van der Waals surface area (Å²) in [4.78, 5) is 0. The molecule has 2 aromatic carbocycles. The maximum atomic E-state index is 5.99. The fourth-order valence-corrected chi connectivity index (χ4v) is 3.54. The fraction of sp³-hybridized carbons (Fsp3) is 0.318. The summed E-state index contributed by atoms with van der Waals surface area (Å²) in [5.41, 5.74) is 6.36. The maximum Gasteiger partial charge on any atom is 0.214 e. The van der Waals surface area contributed by atoms with E-state index < -0.39 is 0 Å². The van der Waals surface area contributed by atoms with Gasteiger partial charge in [-0.25, -0.2) is 4.68 Å². The van der Waals surface area contributed by atoms with Crippen LogP contribution in [0.15, 0.2) is 42.5 Å². The van der Waals surface area contributed by atoms with Crippen LogP contribution >= 0.6 is 12.2 Å². The Kier molecular flexibility index (Phi) is 6.98. The van der Waals surface area contributed by atoms with Crippen LogP contribution in [0.2, 0.25) is 0 Å². The number of methoxy groups -OCH3 is 1. The number of nitrogens with one attached hydrogen (secondary N) is 2. The Bertz CT molecular complexity index is 1260. The van der Waals surface area contributed by atoms with E-state index in [-0.39, 0.29) is 6.61 Å². The summed E-state index contributed by atoms with van der Waals surface area (Å²) in [6.07, 6.45) is 1.81. The van der Waals surface area contributed by atoms with Gasteiger partial charge in [-0.05, 0) is 65.8 Å². The number of benzene rings is 2. The highest BCUT2D eigenvalue weighted by molar-refractivity contribution is 7.71. The van der Waals surface area contributed by atoms with Crippen molar-refractivity contribution in [3.63, 3.8) is 0 Å². The summed E-state index contributed by atoms with van der Waals surface area (Å²) in [7, 11) is 1.61. The first kappa shape index (κ1) is 22.5. The van der Waals surface area contributed by atoms with Gasteiger partial charge >= 0.3 is 0 Å². The molecule has 0 saturated carbocycles. The highest BCUT2D eigenvalue weighted by atomic mass is 32.1. The maximum absolute atomic E-state index is 5.99. The molecule has 0 saturated heterocycles. The summed E-state index contributed by atoms with van der Waals surface area (Å²) in [6, 6.07) is 13.7. The Morgan fingerprint density at radius 1 is 1.09 bits per heavy atom. The topological polar surface area (TPSA) is 108 Å². The normalized spacial score (nSPS) is 10.9. The van der Waals surface area contributed by atoms with E-state index in [1.165, 1.54) is 5.56 Å². The minimum absolute atomic E-state index is 0.194. The van der Waals surface area contributed by atoms with Crippen LogP contribution in [0, 0.1) is 11.7 Å². The van der Waals surface area contributed by atoms with Gasteiger partial charge in [0.15, 0.2) is 29.8 Å². The number of nitrogens with zero attached hydrogens (tertiary/aromatic N) is 6. The first-order valence-corrected chi connectivity index (χ1v) is 11.0. The predicted molar refractivity (Wildman–Crippen MR) is 126 cm³/mol. The molecule has 172 valence electrons. The molecule has 0 aliphatic heterocycles. The second kappa shape index (κ2) is 10.3. The van der Waals surface area contributed by atoms with Crippen LogP contribution in [-0.4, -0.2) is 42.2 Å². The lowest BCUT2D eigenvalue weighted by atomic mass is 10.2. The molecule has 2 aromatic heterocycles. The van der Waals surface area contributed by atoms with Crippen molar-refractivity contribution >= 4 is 12.2 Å². The van der Waals surface area contributed by atoms with Crippen molar-refractivity contribution in [3.8, 4) is 17.2 Å². The Hall–Kier alpha value is -3.73. The fourth-order valence-electron chi connectivity index (χ4n) is 3.32. The zero-order valence-electron chi connectivity index (χ0n) is 18.8. The minimum atomic E-state index is 0.194. The van der Waals surface area contributed by atoms with Gasteiger partial charge in [0.2, 0.25) is 4.77 Å². The lowest BCUT2D eigenvalue weighted by molar-refractivity contribution is 0.273. The van der Waals surface area contributed by atoms with Crippen molar-refractivity contribution in [1.29, 1.82) is 0 Å². The van der Waals surface area contributed by atoms with Gasteiger partial charge in [-0.1, -0.05) is 30.7 Å². The van der Waals surface area contributed by atoms with Crippen molar-refractivity contribution in [2.45, 2.75) is 39.8 Å². The molecule has 2 heterocycles. The second-order valence-electron chi connectivity index (χ2n) is 7.48. The van der Waals surface area contributed by atoms with E-state index in [1.54, 1.807) is 16.5 Å². The molecule has 0 unspecified atom stereocenters. The molecular formula is C22H26N8O2S. The average Bonchev–Trinajstić information content (AvgIpc) is 3.44. The van der Waals surface area contributed by atoms with Gasteiger partial charge in [0, 0.05) is 6.42 Å². The van der Waals surface area contributed by atoms with Gasteiger partial charge in [0.05, 0.1) is 19.3 Å². The molecule has 2 N–H and O–H groups in total. The third-order valence-electron chi connectivity index (χ3n) is 5.05. The molecule has 4 rings (SSSR count). The number of hydrogen-bond donors (Lipinski definition) is 2. The smallest absolute Gasteiger partial charge is 0.214 e. The number of aryl methyl sites for hydroxylation is 2. The molecule has 33 heavy (non-hydrogen) atoms. The zero-order valence-corrected chi connectivity index (χ0v) is 19.6. The number of H-pyrrole nitrogens is 1. The second-order valence-corrected chi connectivity index (χ2v) is 7.87. The summed E-state index contributed by atoms with van der Waals surface area (Å²) in [5, 5.41) is 19.1. The minimum Gasteiger partial charge on any atom is -0.493 e. The quantitative estimate of drug-likeness (QED) is 0.342. The van der Waals surface area contributed by atoms with Crippen LogP contribution in [0.25, 0.3) is 5.69 Å². The lowest BCUT2D eigenvalue weighted by Crippen LogP contribution is -2.17. The lowest BCUT2D eigenvalue weighted by Gasteiger charge is -2.14. The van der Waals surface area contributed by atoms with Crippen molar-refractivity contribution in [1.82, 2.24) is 35.1 Å². The molecule has 0 atom stereocenters.